The summed E-state index contributed by atoms with van der Waals surface area (Å²) in [5.74, 6) is 1.79. The smallest absolute Gasteiger partial charge is 0.176 e. The maximum atomic E-state index is 5.86. The molecule has 0 saturated carbocycles. The van der Waals surface area contributed by atoms with Crippen LogP contribution in [0.25, 0.3) is 11.0 Å². The van der Waals surface area contributed by atoms with Gasteiger partial charge in [0.05, 0.1) is 13.2 Å². The summed E-state index contributed by atoms with van der Waals surface area (Å²) >= 11 is 0. The highest BCUT2D eigenvalue weighted by molar-refractivity contribution is 5.83. The van der Waals surface area contributed by atoms with Gasteiger partial charge < -0.3 is 14.5 Å². The van der Waals surface area contributed by atoms with Crippen LogP contribution in [0.3, 0.4) is 0 Å². The topological polar surface area (TPSA) is 34.4 Å². The Morgan fingerprint density at radius 2 is 2.17 bits per heavy atom. The zero-order valence-electron chi connectivity index (χ0n) is 11.3. The molecule has 0 atom stereocenters. The highest BCUT2D eigenvalue weighted by Gasteiger charge is 2.09. The summed E-state index contributed by atoms with van der Waals surface area (Å²) in [5.41, 5.74) is 0.853. The van der Waals surface area contributed by atoms with E-state index >= 15 is 0 Å². The lowest BCUT2D eigenvalue weighted by Gasteiger charge is -2.05. The van der Waals surface area contributed by atoms with Crippen molar-refractivity contribution in [1.82, 2.24) is 5.32 Å². The van der Waals surface area contributed by atoms with Gasteiger partial charge in [-0.2, -0.15) is 0 Å². The minimum atomic E-state index is 0.453. The molecule has 0 radical (unpaired) electrons. The number of hydrogen-bond acceptors (Lipinski definition) is 3. The first-order chi connectivity index (χ1) is 8.70. The monoisotopic (exact) mass is 247 g/mol. The van der Waals surface area contributed by atoms with Gasteiger partial charge in [0.2, 0.25) is 0 Å². The number of fused-ring (bicyclic) bond motifs is 1. The van der Waals surface area contributed by atoms with Crippen molar-refractivity contribution in [2.45, 2.75) is 39.8 Å². The molecule has 0 fully saturated rings. The lowest BCUT2D eigenvalue weighted by molar-refractivity contribution is 0.315. The van der Waals surface area contributed by atoms with Crippen molar-refractivity contribution >= 4 is 11.0 Å². The van der Waals surface area contributed by atoms with Crippen LogP contribution in [0.5, 0.6) is 5.75 Å². The van der Waals surface area contributed by atoms with Gasteiger partial charge in [0.1, 0.15) is 5.76 Å². The highest BCUT2D eigenvalue weighted by Crippen LogP contribution is 2.28. The highest BCUT2D eigenvalue weighted by atomic mass is 16.5. The third kappa shape index (κ3) is 3.05. The molecule has 1 aromatic carbocycles. The number of benzene rings is 1. The molecule has 0 aliphatic rings. The zero-order chi connectivity index (χ0) is 13.0. The van der Waals surface area contributed by atoms with Gasteiger partial charge in [0, 0.05) is 11.4 Å². The fourth-order valence-electron chi connectivity index (χ4n) is 1.81. The first kappa shape index (κ1) is 13.0. The molecule has 0 aliphatic carbocycles. The summed E-state index contributed by atoms with van der Waals surface area (Å²) in [4.78, 5) is 0. The molecule has 1 aromatic heterocycles. The lowest BCUT2D eigenvalue weighted by atomic mass is 10.2. The summed E-state index contributed by atoms with van der Waals surface area (Å²) in [6.07, 6.45) is 0.999. The van der Waals surface area contributed by atoms with E-state index in [2.05, 4.69) is 38.2 Å². The van der Waals surface area contributed by atoms with E-state index in [1.807, 2.05) is 12.1 Å². The summed E-state index contributed by atoms with van der Waals surface area (Å²) < 4.78 is 11.6. The van der Waals surface area contributed by atoms with Gasteiger partial charge in [-0.05, 0) is 18.6 Å². The number of furan rings is 1. The molecule has 3 nitrogen and oxygen atoms in total. The Hall–Kier alpha value is -1.48. The molecule has 0 amide bonds. The molecule has 0 spiro atoms. The second kappa shape index (κ2) is 5.91. The van der Waals surface area contributed by atoms with E-state index in [0.717, 1.165) is 42.1 Å². The predicted molar refractivity (Wildman–Crippen MR) is 74.0 cm³/mol. The SMILES string of the molecule is CCCOc1cccc2cc(CNC(C)C)oc12. The van der Waals surface area contributed by atoms with E-state index in [0.29, 0.717) is 6.04 Å². The molecule has 0 unspecified atom stereocenters. The van der Waals surface area contributed by atoms with Gasteiger partial charge in [-0.15, -0.1) is 0 Å². The van der Waals surface area contributed by atoms with Crippen LogP contribution in [0.15, 0.2) is 28.7 Å². The van der Waals surface area contributed by atoms with E-state index in [1.54, 1.807) is 0 Å². The number of hydrogen-bond donors (Lipinski definition) is 1. The molecule has 1 heterocycles. The van der Waals surface area contributed by atoms with Crippen LogP contribution in [-0.2, 0) is 6.54 Å². The average Bonchev–Trinajstić information content (AvgIpc) is 2.77. The van der Waals surface area contributed by atoms with E-state index < -0.39 is 0 Å². The van der Waals surface area contributed by atoms with E-state index in [4.69, 9.17) is 9.15 Å². The molecule has 18 heavy (non-hydrogen) atoms. The molecule has 0 bridgehead atoms. The molecular weight excluding hydrogens is 226 g/mol. The van der Waals surface area contributed by atoms with Crippen LogP contribution in [0.4, 0.5) is 0 Å². The largest absolute Gasteiger partial charge is 0.490 e. The van der Waals surface area contributed by atoms with Crippen LogP contribution in [0.1, 0.15) is 33.0 Å². The van der Waals surface area contributed by atoms with Crippen molar-refractivity contribution in [3.8, 4) is 5.75 Å². The average molecular weight is 247 g/mol. The minimum Gasteiger partial charge on any atom is -0.490 e. The van der Waals surface area contributed by atoms with Crippen molar-refractivity contribution in [2.75, 3.05) is 6.61 Å². The van der Waals surface area contributed by atoms with Crippen molar-refractivity contribution in [3.05, 3.63) is 30.0 Å². The molecule has 2 rings (SSSR count). The number of rotatable bonds is 6. The molecular formula is C15H21NO2. The Balaban J connectivity index is 2.21. The quantitative estimate of drug-likeness (QED) is 0.844. The third-order valence-electron chi connectivity index (χ3n) is 2.71. The van der Waals surface area contributed by atoms with Crippen molar-refractivity contribution in [2.24, 2.45) is 0 Å². The molecule has 98 valence electrons. The summed E-state index contributed by atoms with van der Waals surface area (Å²) in [6.45, 7) is 7.82. The number of nitrogens with one attached hydrogen (secondary N) is 1. The maximum absolute atomic E-state index is 5.86. The van der Waals surface area contributed by atoms with Gasteiger partial charge in [-0.25, -0.2) is 0 Å². The van der Waals surface area contributed by atoms with Crippen molar-refractivity contribution < 1.29 is 9.15 Å². The molecule has 3 heteroatoms. The Bertz CT molecular complexity index is 502. The Kier molecular flexibility index (Phi) is 4.26. The molecule has 1 N–H and O–H groups in total. The van der Waals surface area contributed by atoms with Crippen molar-refractivity contribution in [1.29, 1.82) is 0 Å². The normalized spacial score (nSPS) is 11.3. The summed E-state index contributed by atoms with van der Waals surface area (Å²) in [5, 5.41) is 4.45. The summed E-state index contributed by atoms with van der Waals surface area (Å²) in [7, 11) is 0. The van der Waals surface area contributed by atoms with Crippen LogP contribution in [0.2, 0.25) is 0 Å². The van der Waals surface area contributed by atoms with E-state index in [-0.39, 0.29) is 0 Å². The lowest BCUT2D eigenvalue weighted by Crippen LogP contribution is -2.21. The van der Waals surface area contributed by atoms with Gasteiger partial charge >= 0.3 is 0 Å². The van der Waals surface area contributed by atoms with Crippen LogP contribution in [0, 0.1) is 0 Å². The van der Waals surface area contributed by atoms with Gasteiger partial charge in [-0.3, -0.25) is 0 Å². The fraction of sp³-hybridized carbons (Fsp3) is 0.467. The van der Waals surface area contributed by atoms with Gasteiger partial charge in [0.15, 0.2) is 11.3 Å². The second-order valence-corrected chi connectivity index (χ2v) is 4.77. The Morgan fingerprint density at radius 3 is 2.89 bits per heavy atom. The number of ether oxygens (including phenoxy) is 1. The van der Waals surface area contributed by atoms with E-state index in [1.165, 1.54) is 0 Å². The Morgan fingerprint density at radius 1 is 1.33 bits per heavy atom. The van der Waals surface area contributed by atoms with Gasteiger partial charge in [-0.1, -0.05) is 32.9 Å². The zero-order valence-corrected chi connectivity index (χ0v) is 11.3. The second-order valence-electron chi connectivity index (χ2n) is 4.77. The van der Waals surface area contributed by atoms with E-state index in [9.17, 15) is 0 Å². The van der Waals surface area contributed by atoms with Crippen LogP contribution >= 0.6 is 0 Å². The van der Waals surface area contributed by atoms with Crippen LogP contribution < -0.4 is 10.1 Å². The third-order valence-corrected chi connectivity index (χ3v) is 2.71. The van der Waals surface area contributed by atoms with Gasteiger partial charge in [0.25, 0.3) is 0 Å². The predicted octanol–water partition coefficient (Wildman–Crippen LogP) is 3.72. The number of para-hydroxylation sites is 1. The molecule has 0 aliphatic heterocycles. The van der Waals surface area contributed by atoms with Crippen molar-refractivity contribution in [3.63, 3.8) is 0 Å². The molecule has 0 saturated heterocycles. The fourth-order valence-corrected chi connectivity index (χ4v) is 1.81. The molecule has 2 aromatic rings. The Labute approximate surface area is 108 Å². The summed E-state index contributed by atoms with van der Waals surface area (Å²) in [6, 6.07) is 8.54. The van der Waals surface area contributed by atoms with Crippen LogP contribution in [-0.4, -0.2) is 12.6 Å². The first-order valence-electron chi connectivity index (χ1n) is 6.58. The first-order valence-corrected chi connectivity index (χ1v) is 6.58. The maximum Gasteiger partial charge on any atom is 0.176 e. The minimum absolute atomic E-state index is 0.453. The standard InChI is InChI=1S/C15H21NO2/c1-4-8-17-14-7-5-6-12-9-13(18-15(12)14)10-16-11(2)3/h5-7,9,11,16H,4,8,10H2,1-3H3.